The fourth-order valence-corrected chi connectivity index (χ4v) is 5.31. The van der Waals surface area contributed by atoms with E-state index in [4.69, 9.17) is 29.6 Å². The molecule has 1 saturated heterocycles. The molecule has 9 heteroatoms. The number of halogens is 1. The minimum Gasteiger partial charge on any atom is -0.389 e. The van der Waals surface area contributed by atoms with Crippen LogP contribution in [0.25, 0.3) is 0 Å². The quantitative estimate of drug-likeness (QED) is 0.780. The molecule has 0 saturated carbocycles. The summed E-state index contributed by atoms with van der Waals surface area (Å²) in [6, 6.07) is 4.18. The number of rotatable bonds is 4. The van der Waals surface area contributed by atoms with Crippen LogP contribution in [0.3, 0.4) is 0 Å². The van der Waals surface area contributed by atoms with Crippen molar-refractivity contribution in [3.05, 3.63) is 28.8 Å². The second kappa shape index (κ2) is 6.70. The van der Waals surface area contributed by atoms with Crippen LogP contribution in [0.2, 0.25) is 5.02 Å². The summed E-state index contributed by atoms with van der Waals surface area (Å²) >= 11 is 10.8. The summed E-state index contributed by atoms with van der Waals surface area (Å²) < 4.78 is 38.8. The van der Waals surface area contributed by atoms with E-state index in [1.165, 1.54) is 12.1 Å². The van der Waals surface area contributed by atoms with Gasteiger partial charge in [-0.1, -0.05) is 29.9 Å². The molecule has 0 unspecified atom stereocenters. The summed E-state index contributed by atoms with van der Waals surface area (Å²) in [6.45, 7) is 0. The molecular formula is C12H15ClN2O3S3. The van der Waals surface area contributed by atoms with Gasteiger partial charge in [-0.2, -0.15) is 0 Å². The van der Waals surface area contributed by atoms with E-state index < -0.39 is 20.8 Å². The number of hydrogen-bond donors (Lipinski definition) is 2. The average Bonchev–Trinajstić information content (AvgIpc) is 2.41. The van der Waals surface area contributed by atoms with Crippen LogP contribution in [0.4, 0.5) is 0 Å². The zero-order valence-electron chi connectivity index (χ0n) is 11.0. The normalized spacial score (nSPS) is 22.9. The highest BCUT2D eigenvalue weighted by Crippen LogP contribution is 2.24. The maximum Gasteiger partial charge on any atom is 0.242 e. The van der Waals surface area contributed by atoms with Crippen molar-refractivity contribution in [1.29, 1.82) is 0 Å². The summed E-state index contributed by atoms with van der Waals surface area (Å²) in [5, 5.41) is 0.113. The van der Waals surface area contributed by atoms with Gasteiger partial charge in [0.15, 0.2) is 0 Å². The van der Waals surface area contributed by atoms with Gasteiger partial charge in [-0.25, -0.2) is 13.1 Å². The van der Waals surface area contributed by atoms with Gasteiger partial charge in [0, 0.05) is 33.9 Å². The Balaban J connectivity index is 2.25. The van der Waals surface area contributed by atoms with Crippen LogP contribution in [0, 0.1) is 0 Å². The van der Waals surface area contributed by atoms with E-state index >= 15 is 0 Å². The van der Waals surface area contributed by atoms with E-state index in [-0.39, 0.29) is 20.9 Å². The predicted octanol–water partition coefficient (Wildman–Crippen LogP) is 1.16. The van der Waals surface area contributed by atoms with E-state index in [2.05, 4.69) is 4.72 Å². The molecule has 21 heavy (non-hydrogen) atoms. The molecule has 0 radical (unpaired) electrons. The Hall–Kier alpha value is -0.540. The van der Waals surface area contributed by atoms with Crippen molar-refractivity contribution in [3.8, 4) is 0 Å². The number of thiocarbonyl (C=S) groups is 1. The van der Waals surface area contributed by atoms with Crippen LogP contribution >= 0.6 is 23.8 Å². The van der Waals surface area contributed by atoms with Crippen molar-refractivity contribution in [3.63, 3.8) is 0 Å². The Morgan fingerprint density at radius 3 is 2.57 bits per heavy atom. The standard InChI is InChI=1S/C12H15ClN2O3S3/c13-10-2-1-8(12(14)19)7-11(10)21(17,18)15-9-3-5-20(16)6-4-9/h1-2,7,9,15H,3-6H2,(H2,14,19). The molecule has 0 atom stereocenters. The lowest BCUT2D eigenvalue weighted by atomic mass is 10.2. The minimum absolute atomic E-state index is 0.0406. The van der Waals surface area contributed by atoms with E-state index in [1.54, 1.807) is 6.07 Å². The predicted molar refractivity (Wildman–Crippen MR) is 88.6 cm³/mol. The largest absolute Gasteiger partial charge is 0.389 e. The maximum atomic E-state index is 12.4. The Labute approximate surface area is 136 Å². The topological polar surface area (TPSA) is 89.3 Å². The van der Waals surface area contributed by atoms with Crippen LogP contribution < -0.4 is 10.5 Å². The molecule has 0 aliphatic carbocycles. The van der Waals surface area contributed by atoms with Gasteiger partial charge in [0.1, 0.15) is 9.88 Å². The van der Waals surface area contributed by atoms with E-state index in [1.807, 2.05) is 0 Å². The third kappa shape index (κ3) is 4.23. The van der Waals surface area contributed by atoms with Crippen LogP contribution in [-0.4, -0.2) is 35.2 Å². The molecule has 3 N–H and O–H groups in total. The third-order valence-electron chi connectivity index (χ3n) is 3.22. The molecule has 1 fully saturated rings. The summed E-state index contributed by atoms with van der Waals surface area (Å²) in [5.74, 6) is 1.02. The fraction of sp³-hybridized carbons (Fsp3) is 0.417. The molecule has 0 aromatic heterocycles. The first-order valence-electron chi connectivity index (χ1n) is 6.26. The molecule has 2 rings (SSSR count). The second-order valence-corrected chi connectivity index (χ2v) is 8.98. The van der Waals surface area contributed by atoms with Crippen LogP contribution in [0.1, 0.15) is 18.4 Å². The lowest BCUT2D eigenvalue weighted by Gasteiger charge is -2.22. The number of benzene rings is 1. The molecule has 0 bridgehead atoms. The SMILES string of the molecule is NC(=S)c1ccc(Cl)c(S(=O)(=O)NC2CCS(=O)CC2)c1. The highest BCUT2D eigenvalue weighted by atomic mass is 35.5. The number of nitrogens with two attached hydrogens (primary N) is 1. The summed E-state index contributed by atoms with van der Waals surface area (Å²) in [6.07, 6.45) is 1.11. The van der Waals surface area contributed by atoms with Crippen LogP contribution in [0.5, 0.6) is 0 Å². The Morgan fingerprint density at radius 1 is 1.38 bits per heavy atom. The fourth-order valence-electron chi connectivity index (χ4n) is 2.06. The average molecular weight is 367 g/mol. The van der Waals surface area contributed by atoms with Crippen molar-refractivity contribution in [2.24, 2.45) is 5.73 Å². The molecule has 1 aliphatic heterocycles. The summed E-state index contributed by atoms with van der Waals surface area (Å²) in [7, 11) is -4.60. The van der Waals surface area contributed by atoms with Gasteiger partial charge < -0.3 is 5.73 Å². The lowest BCUT2D eigenvalue weighted by Crippen LogP contribution is -2.39. The van der Waals surface area contributed by atoms with Crippen molar-refractivity contribution in [1.82, 2.24) is 4.72 Å². The van der Waals surface area contributed by atoms with Gasteiger partial charge in [0.25, 0.3) is 0 Å². The van der Waals surface area contributed by atoms with E-state index in [0.29, 0.717) is 29.9 Å². The molecule has 5 nitrogen and oxygen atoms in total. The van der Waals surface area contributed by atoms with Crippen LogP contribution in [-0.2, 0) is 20.8 Å². The van der Waals surface area contributed by atoms with Gasteiger partial charge in [0.05, 0.1) is 5.02 Å². The Kier molecular flexibility index (Phi) is 5.37. The zero-order valence-corrected chi connectivity index (χ0v) is 14.2. The van der Waals surface area contributed by atoms with Crippen molar-refractivity contribution in [2.75, 3.05) is 11.5 Å². The molecule has 0 amide bonds. The lowest BCUT2D eigenvalue weighted by molar-refractivity contribution is 0.522. The highest BCUT2D eigenvalue weighted by molar-refractivity contribution is 7.89. The van der Waals surface area contributed by atoms with E-state index in [9.17, 15) is 12.6 Å². The molecule has 1 aromatic carbocycles. The smallest absolute Gasteiger partial charge is 0.242 e. The monoisotopic (exact) mass is 366 g/mol. The molecule has 1 heterocycles. The van der Waals surface area contributed by atoms with Gasteiger partial charge >= 0.3 is 0 Å². The first-order chi connectivity index (χ1) is 9.79. The number of hydrogen-bond acceptors (Lipinski definition) is 4. The van der Waals surface area contributed by atoms with Gasteiger partial charge in [-0.3, -0.25) is 4.21 Å². The maximum absolute atomic E-state index is 12.4. The number of sulfonamides is 1. The highest BCUT2D eigenvalue weighted by Gasteiger charge is 2.26. The van der Waals surface area contributed by atoms with Gasteiger partial charge in [0.2, 0.25) is 10.0 Å². The molecule has 116 valence electrons. The van der Waals surface area contributed by atoms with Gasteiger partial charge in [-0.15, -0.1) is 0 Å². The Morgan fingerprint density at radius 2 is 2.00 bits per heavy atom. The van der Waals surface area contributed by atoms with Crippen molar-refractivity contribution < 1.29 is 12.6 Å². The molecular weight excluding hydrogens is 352 g/mol. The molecule has 1 aromatic rings. The van der Waals surface area contributed by atoms with E-state index in [0.717, 1.165) is 0 Å². The van der Waals surface area contributed by atoms with Gasteiger partial charge in [-0.05, 0) is 25.0 Å². The minimum atomic E-state index is -3.76. The summed E-state index contributed by atoms with van der Waals surface area (Å²) in [4.78, 5) is 0.0670. The second-order valence-electron chi connectivity index (χ2n) is 4.75. The van der Waals surface area contributed by atoms with Crippen molar-refractivity contribution in [2.45, 2.75) is 23.8 Å². The Bertz CT molecular complexity index is 681. The van der Waals surface area contributed by atoms with Crippen molar-refractivity contribution >= 4 is 49.6 Å². The first kappa shape index (κ1) is 16.8. The summed E-state index contributed by atoms with van der Waals surface area (Å²) in [5.41, 5.74) is 5.96. The first-order valence-corrected chi connectivity index (χ1v) is 10.0. The van der Waals surface area contributed by atoms with Crippen LogP contribution in [0.15, 0.2) is 23.1 Å². The number of nitrogens with one attached hydrogen (secondary N) is 1. The zero-order chi connectivity index (χ0) is 15.6. The molecule has 1 aliphatic rings. The molecule has 0 spiro atoms. The third-order valence-corrected chi connectivity index (χ3v) is 6.83.